The molecule has 8 heteroatoms. The number of nitrogens with zero attached hydrogens (tertiary/aromatic N) is 1. The summed E-state index contributed by atoms with van der Waals surface area (Å²) in [5.41, 5.74) is 6.73. The number of piperidine rings is 1. The van der Waals surface area contributed by atoms with Crippen molar-refractivity contribution in [2.75, 3.05) is 6.54 Å². The van der Waals surface area contributed by atoms with Gasteiger partial charge in [0, 0.05) is 19.0 Å². The average molecular weight is 321 g/mol. The molecule has 1 aliphatic heterocycles. The first-order valence-corrected chi connectivity index (χ1v) is 8.06. The van der Waals surface area contributed by atoms with Gasteiger partial charge in [0.25, 0.3) is 5.91 Å². The Labute approximate surface area is 129 Å². The zero-order valence-electron chi connectivity index (χ0n) is 11.9. The summed E-state index contributed by atoms with van der Waals surface area (Å²) < 4.78 is 12.3. The van der Waals surface area contributed by atoms with Crippen molar-refractivity contribution in [1.82, 2.24) is 10.1 Å². The average Bonchev–Trinajstić information content (AvgIpc) is 2.51. The van der Waals surface area contributed by atoms with Gasteiger partial charge < -0.3 is 0 Å². The van der Waals surface area contributed by atoms with Gasteiger partial charge in [0.1, 0.15) is 0 Å². The lowest BCUT2D eigenvalue weighted by Gasteiger charge is -2.28. The Balaban J connectivity index is 2.00. The maximum absolute atomic E-state index is 12.3. The van der Waals surface area contributed by atoms with Crippen molar-refractivity contribution in [3.05, 3.63) is 42.0 Å². The zero-order chi connectivity index (χ0) is 16.2. The Bertz CT molecular complexity index is 620. The first-order valence-electron chi connectivity index (χ1n) is 6.80. The molecule has 7 nitrogen and oxygen atoms in total. The molecule has 116 valence electrons. The maximum atomic E-state index is 12.3. The van der Waals surface area contributed by atoms with Crippen molar-refractivity contribution in [3.63, 3.8) is 0 Å². The van der Waals surface area contributed by atoms with Crippen molar-refractivity contribution in [2.45, 2.75) is 18.1 Å². The second-order valence-electron chi connectivity index (χ2n) is 5.04. The number of nitrogens with two attached hydrogens (primary N) is 2. The summed E-state index contributed by atoms with van der Waals surface area (Å²) in [6.45, 7) is 0.364. The van der Waals surface area contributed by atoms with Gasteiger partial charge in [0.2, 0.25) is 0 Å². The third-order valence-corrected chi connectivity index (χ3v) is 4.95. The fourth-order valence-electron chi connectivity index (χ4n) is 2.14. The smallest absolute Gasteiger partial charge is 0.275 e. The largest absolute Gasteiger partial charge is 0.495 e. The zero-order valence-corrected chi connectivity index (χ0v) is 12.8. The van der Waals surface area contributed by atoms with E-state index in [-0.39, 0.29) is 6.42 Å². The van der Waals surface area contributed by atoms with E-state index in [1.54, 1.807) is 6.08 Å². The number of hydrazine groups is 1. The molecule has 2 atom stereocenters. The van der Waals surface area contributed by atoms with Crippen LogP contribution < -0.4 is 16.7 Å². The van der Waals surface area contributed by atoms with Crippen molar-refractivity contribution >= 4 is 25.8 Å². The Kier molecular flexibility index (Phi) is 5.03. The minimum absolute atomic E-state index is 0.220. The van der Waals surface area contributed by atoms with Crippen LogP contribution in [0.15, 0.2) is 36.4 Å². The number of carbonyl (C=O) groups is 2. The van der Waals surface area contributed by atoms with Crippen LogP contribution in [0.2, 0.25) is 0 Å². The summed E-state index contributed by atoms with van der Waals surface area (Å²) >= 11 is 0. The van der Waals surface area contributed by atoms with E-state index in [4.69, 9.17) is 11.6 Å². The highest BCUT2D eigenvalue weighted by molar-refractivity contribution is 7.46. The molecule has 1 saturated heterocycles. The molecule has 1 aliphatic rings. The summed E-state index contributed by atoms with van der Waals surface area (Å²) in [7, 11) is -2.46. The molecule has 1 heterocycles. The highest BCUT2D eigenvalue weighted by Gasteiger charge is 2.57. The van der Waals surface area contributed by atoms with E-state index >= 15 is 0 Å². The van der Waals surface area contributed by atoms with Crippen LogP contribution in [-0.4, -0.2) is 28.6 Å². The molecule has 0 bridgehead atoms. The van der Waals surface area contributed by atoms with Crippen LogP contribution in [0.25, 0.3) is 6.08 Å². The van der Waals surface area contributed by atoms with Gasteiger partial charge in [0.15, 0.2) is 0 Å². The molecule has 2 rings (SSSR count). The normalized spacial score (nSPS) is 22.7. The second-order valence-corrected chi connectivity index (χ2v) is 6.65. The van der Waals surface area contributed by atoms with Crippen LogP contribution in [0.1, 0.15) is 18.4 Å². The topological polar surface area (TPSA) is 119 Å². The summed E-state index contributed by atoms with van der Waals surface area (Å²) in [6.07, 6.45) is 3.59. The molecule has 0 radical (unpaired) electrons. The summed E-state index contributed by atoms with van der Waals surface area (Å²) in [5, 5.41) is 1.57. The monoisotopic (exact) mass is 321 g/mol. The number of nitrogens with one attached hydrogen (secondary N) is 1. The molecule has 0 aliphatic carbocycles. The van der Waals surface area contributed by atoms with Crippen molar-refractivity contribution in [1.29, 1.82) is 0 Å². The van der Waals surface area contributed by atoms with E-state index in [1.807, 2.05) is 30.3 Å². The summed E-state index contributed by atoms with van der Waals surface area (Å²) in [6, 6.07) is 9.18. The maximum Gasteiger partial charge on any atom is 0.495 e. The van der Waals surface area contributed by atoms with Crippen LogP contribution in [0.5, 0.6) is 0 Å². The first-order chi connectivity index (χ1) is 10.4. The standard InChI is InChI=1S/C14H17N4O3P/c15-14(9-4-10-18(16)13(14)20)22(21)17-12(19)8-7-11-5-2-1-3-6-11/h1-3,5-8H,4,9-10,15-16H2/p+1/t14-/m0/s1. The van der Waals surface area contributed by atoms with E-state index < -0.39 is 25.0 Å². The number of hydrogen-bond donors (Lipinski definition) is 3. The highest BCUT2D eigenvalue weighted by atomic mass is 31.1. The third-order valence-electron chi connectivity index (χ3n) is 3.39. The first kappa shape index (κ1) is 16.3. The molecular formula is C14H18N4O3P+. The second kappa shape index (κ2) is 6.79. The minimum Gasteiger partial charge on any atom is -0.275 e. The quantitative estimate of drug-likeness (QED) is 0.327. The molecule has 1 unspecified atom stereocenters. The van der Waals surface area contributed by atoms with Gasteiger partial charge in [-0.2, -0.15) is 0 Å². The molecule has 0 spiro atoms. The Morgan fingerprint density at radius 2 is 2.05 bits per heavy atom. The lowest BCUT2D eigenvalue weighted by atomic mass is 10.1. The van der Waals surface area contributed by atoms with Gasteiger partial charge in [-0.25, -0.2) is 5.84 Å². The number of carbonyl (C=O) groups excluding carboxylic acids is 2. The third kappa shape index (κ3) is 3.57. The summed E-state index contributed by atoms with van der Waals surface area (Å²) in [5.74, 6) is 4.31. The van der Waals surface area contributed by atoms with Crippen molar-refractivity contribution in [2.24, 2.45) is 11.6 Å². The minimum atomic E-state index is -2.46. The Morgan fingerprint density at radius 1 is 1.36 bits per heavy atom. The predicted molar refractivity (Wildman–Crippen MR) is 83.3 cm³/mol. The SMILES string of the molecule is NN1CCC[C@](N)([P+](=O)NC(=O)C=Cc2ccccc2)C1=O. The van der Waals surface area contributed by atoms with E-state index in [2.05, 4.69) is 5.09 Å². The van der Waals surface area contributed by atoms with Gasteiger partial charge in [-0.15, -0.1) is 5.09 Å². The van der Waals surface area contributed by atoms with Gasteiger partial charge in [0.05, 0.1) is 0 Å². The molecule has 1 fully saturated rings. The van der Waals surface area contributed by atoms with Crippen LogP contribution in [0, 0.1) is 0 Å². The fraction of sp³-hybridized carbons (Fsp3) is 0.286. The molecule has 1 aromatic carbocycles. The number of rotatable bonds is 4. The highest BCUT2D eigenvalue weighted by Crippen LogP contribution is 2.38. The molecule has 0 aromatic heterocycles. The molecule has 2 amide bonds. The number of amides is 2. The van der Waals surface area contributed by atoms with E-state index in [9.17, 15) is 14.2 Å². The van der Waals surface area contributed by atoms with Crippen LogP contribution in [0.4, 0.5) is 0 Å². The van der Waals surface area contributed by atoms with Crippen molar-refractivity contribution in [3.8, 4) is 0 Å². The number of benzene rings is 1. The summed E-state index contributed by atoms with van der Waals surface area (Å²) in [4.78, 5) is 23.8. The molecule has 1 aromatic rings. The lowest BCUT2D eigenvalue weighted by molar-refractivity contribution is -0.136. The van der Waals surface area contributed by atoms with E-state index in [0.29, 0.717) is 13.0 Å². The molecule has 5 N–H and O–H groups in total. The molecular weight excluding hydrogens is 303 g/mol. The number of hydrogen-bond acceptors (Lipinski definition) is 5. The van der Waals surface area contributed by atoms with Crippen LogP contribution in [-0.2, 0) is 14.2 Å². The Hall–Kier alpha value is -2.08. The van der Waals surface area contributed by atoms with Gasteiger partial charge in [-0.1, -0.05) is 30.3 Å². The molecule has 22 heavy (non-hydrogen) atoms. The van der Waals surface area contributed by atoms with Gasteiger partial charge in [-0.05, 0) is 22.6 Å². The van der Waals surface area contributed by atoms with E-state index in [0.717, 1.165) is 10.6 Å². The van der Waals surface area contributed by atoms with E-state index in [1.165, 1.54) is 6.08 Å². The van der Waals surface area contributed by atoms with Gasteiger partial charge in [-0.3, -0.25) is 20.3 Å². The van der Waals surface area contributed by atoms with Crippen LogP contribution >= 0.6 is 7.95 Å². The fourth-order valence-corrected chi connectivity index (χ4v) is 3.28. The van der Waals surface area contributed by atoms with Crippen molar-refractivity contribution < 1.29 is 14.2 Å². The van der Waals surface area contributed by atoms with Gasteiger partial charge >= 0.3 is 19.1 Å². The predicted octanol–water partition coefficient (Wildman–Crippen LogP) is 0.709. The van der Waals surface area contributed by atoms with Crippen LogP contribution in [0.3, 0.4) is 0 Å². The lowest BCUT2D eigenvalue weighted by Crippen LogP contribution is -2.60. The Morgan fingerprint density at radius 3 is 2.73 bits per heavy atom. The molecule has 0 saturated carbocycles.